The Morgan fingerprint density at radius 3 is 2.59 bits per heavy atom. The molecule has 0 saturated heterocycles. The van der Waals surface area contributed by atoms with Crippen LogP contribution >= 0.6 is 11.6 Å². The van der Waals surface area contributed by atoms with E-state index in [-0.39, 0.29) is 5.91 Å². The van der Waals surface area contributed by atoms with Crippen LogP contribution in [0.15, 0.2) is 42.5 Å². The number of methoxy groups -OCH3 is 1. The van der Waals surface area contributed by atoms with Crippen molar-refractivity contribution in [1.82, 2.24) is 0 Å². The average Bonchev–Trinajstić information content (AvgIpc) is 3.32. The van der Waals surface area contributed by atoms with Crippen LogP contribution in [0.2, 0.25) is 5.02 Å². The van der Waals surface area contributed by atoms with Crippen molar-refractivity contribution in [1.29, 1.82) is 0 Å². The predicted molar refractivity (Wildman–Crippen MR) is 89.4 cm³/mol. The fourth-order valence-corrected chi connectivity index (χ4v) is 2.61. The normalized spacial score (nSPS) is 13.7. The summed E-state index contributed by atoms with van der Waals surface area (Å²) in [4.78, 5) is 11.8. The molecule has 4 heteroatoms. The lowest BCUT2D eigenvalue weighted by Gasteiger charge is -2.09. The molecule has 114 valence electrons. The van der Waals surface area contributed by atoms with Crippen LogP contribution in [0.1, 0.15) is 19.3 Å². The van der Waals surface area contributed by atoms with Gasteiger partial charge in [0.2, 0.25) is 5.91 Å². The number of hydrogen-bond acceptors (Lipinski definition) is 2. The van der Waals surface area contributed by atoms with Gasteiger partial charge in [-0.2, -0.15) is 0 Å². The van der Waals surface area contributed by atoms with Gasteiger partial charge in [-0.05, 0) is 54.7 Å². The molecule has 0 unspecified atom stereocenters. The maximum atomic E-state index is 11.8. The Kier molecular flexibility index (Phi) is 4.34. The highest BCUT2D eigenvalue weighted by Crippen LogP contribution is 2.33. The maximum absolute atomic E-state index is 11.8. The summed E-state index contributed by atoms with van der Waals surface area (Å²) in [6.45, 7) is 0. The van der Waals surface area contributed by atoms with Crippen molar-refractivity contribution in [3.63, 3.8) is 0 Å². The minimum atomic E-state index is 0.0923. The van der Waals surface area contributed by atoms with Crippen molar-refractivity contribution in [2.24, 2.45) is 5.92 Å². The van der Waals surface area contributed by atoms with Gasteiger partial charge in [0.15, 0.2) is 0 Å². The zero-order chi connectivity index (χ0) is 15.5. The molecule has 3 nitrogen and oxygen atoms in total. The van der Waals surface area contributed by atoms with Crippen molar-refractivity contribution in [2.75, 3.05) is 12.4 Å². The van der Waals surface area contributed by atoms with Crippen LogP contribution in [0.3, 0.4) is 0 Å². The lowest BCUT2D eigenvalue weighted by atomic mass is 10.0. The van der Waals surface area contributed by atoms with Gasteiger partial charge in [0.05, 0.1) is 7.11 Å². The summed E-state index contributed by atoms with van der Waals surface area (Å²) >= 11 is 6.25. The fourth-order valence-electron chi connectivity index (χ4n) is 2.38. The summed E-state index contributed by atoms with van der Waals surface area (Å²) < 4.78 is 5.23. The second-order valence-electron chi connectivity index (χ2n) is 5.62. The van der Waals surface area contributed by atoms with E-state index in [1.807, 2.05) is 42.5 Å². The van der Waals surface area contributed by atoms with Crippen molar-refractivity contribution < 1.29 is 9.53 Å². The lowest BCUT2D eigenvalue weighted by molar-refractivity contribution is -0.116. The Morgan fingerprint density at radius 2 is 1.95 bits per heavy atom. The predicted octanol–water partition coefficient (Wildman–Crippen LogP) is 4.75. The number of halogens is 1. The van der Waals surface area contributed by atoms with E-state index in [1.54, 1.807) is 7.11 Å². The summed E-state index contributed by atoms with van der Waals surface area (Å²) in [6.07, 6.45) is 2.99. The van der Waals surface area contributed by atoms with E-state index in [1.165, 1.54) is 12.8 Å². The van der Waals surface area contributed by atoms with Gasteiger partial charge in [-0.1, -0.05) is 23.7 Å². The van der Waals surface area contributed by atoms with Crippen molar-refractivity contribution in [3.05, 3.63) is 47.5 Å². The van der Waals surface area contributed by atoms with Crippen LogP contribution < -0.4 is 10.1 Å². The highest BCUT2D eigenvalue weighted by molar-refractivity contribution is 6.33. The quantitative estimate of drug-likeness (QED) is 0.864. The zero-order valence-electron chi connectivity index (χ0n) is 12.4. The lowest BCUT2D eigenvalue weighted by Crippen LogP contribution is -2.11. The fraction of sp³-hybridized carbons (Fsp3) is 0.278. The minimum Gasteiger partial charge on any atom is -0.497 e. The summed E-state index contributed by atoms with van der Waals surface area (Å²) in [5.41, 5.74) is 2.72. The van der Waals surface area contributed by atoms with Gasteiger partial charge in [-0.25, -0.2) is 0 Å². The Hall–Kier alpha value is -2.00. The standard InChI is InChI=1S/C18H18ClNO2/c1-22-15-8-9-17(19)16(11-15)13-4-6-14(7-5-13)20-18(21)10-12-2-3-12/h4-9,11-12H,2-3,10H2,1H3,(H,20,21). The van der Waals surface area contributed by atoms with Gasteiger partial charge in [-0.3, -0.25) is 4.79 Å². The van der Waals surface area contributed by atoms with E-state index in [0.29, 0.717) is 17.4 Å². The highest BCUT2D eigenvalue weighted by Gasteiger charge is 2.24. The summed E-state index contributed by atoms with van der Waals surface area (Å²) in [5.74, 6) is 1.45. The van der Waals surface area contributed by atoms with Gasteiger partial charge in [-0.15, -0.1) is 0 Å². The highest BCUT2D eigenvalue weighted by atomic mass is 35.5. The Morgan fingerprint density at radius 1 is 1.23 bits per heavy atom. The third-order valence-corrected chi connectivity index (χ3v) is 4.15. The largest absolute Gasteiger partial charge is 0.497 e. The molecule has 0 heterocycles. The first-order chi connectivity index (χ1) is 10.7. The molecular weight excluding hydrogens is 298 g/mol. The van der Waals surface area contributed by atoms with Crippen LogP contribution in [0.5, 0.6) is 5.75 Å². The molecule has 0 radical (unpaired) electrons. The van der Waals surface area contributed by atoms with Gasteiger partial charge < -0.3 is 10.1 Å². The van der Waals surface area contributed by atoms with E-state index in [2.05, 4.69) is 5.32 Å². The summed E-state index contributed by atoms with van der Waals surface area (Å²) in [6, 6.07) is 13.3. The molecule has 1 aliphatic carbocycles. The van der Waals surface area contributed by atoms with Crippen LogP contribution in [0.25, 0.3) is 11.1 Å². The van der Waals surface area contributed by atoms with E-state index in [4.69, 9.17) is 16.3 Å². The number of hydrogen-bond donors (Lipinski definition) is 1. The third kappa shape index (κ3) is 3.60. The van der Waals surface area contributed by atoms with Gasteiger partial charge in [0, 0.05) is 22.7 Å². The van der Waals surface area contributed by atoms with Gasteiger partial charge in [0.25, 0.3) is 0 Å². The third-order valence-electron chi connectivity index (χ3n) is 3.82. The molecule has 1 N–H and O–H groups in total. The van der Waals surface area contributed by atoms with E-state index < -0.39 is 0 Å². The molecule has 22 heavy (non-hydrogen) atoms. The van der Waals surface area contributed by atoms with Crippen LogP contribution in [0, 0.1) is 5.92 Å². The SMILES string of the molecule is COc1ccc(Cl)c(-c2ccc(NC(=O)CC3CC3)cc2)c1. The van der Waals surface area contributed by atoms with Crippen LogP contribution in [-0.2, 0) is 4.79 Å². The molecule has 3 rings (SSSR count). The molecule has 0 bridgehead atoms. The molecule has 0 spiro atoms. The molecule has 0 aliphatic heterocycles. The van der Waals surface area contributed by atoms with E-state index in [9.17, 15) is 4.79 Å². The second-order valence-corrected chi connectivity index (χ2v) is 6.03. The topological polar surface area (TPSA) is 38.3 Å². The minimum absolute atomic E-state index is 0.0923. The van der Waals surface area contributed by atoms with Crippen LogP contribution in [0.4, 0.5) is 5.69 Å². The smallest absolute Gasteiger partial charge is 0.224 e. The Bertz CT molecular complexity index is 678. The van der Waals surface area contributed by atoms with E-state index >= 15 is 0 Å². The average molecular weight is 316 g/mol. The number of amides is 1. The maximum Gasteiger partial charge on any atom is 0.224 e. The van der Waals surface area contributed by atoms with Crippen LogP contribution in [-0.4, -0.2) is 13.0 Å². The first-order valence-corrected chi connectivity index (χ1v) is 7.77. The molecular formula is C18H18ClNO2. The number of carbonyl (C=O) groups excluding carboxylic acids is 1. The Labute approximate surface area is 135 Å². The molecule has 0 atom stereocenters. The second kappa shape index (κ2) is 6.41. The Balaban J connectivity index is 1.74. The molecule has 1 amide bonds. The number of nitrogens with one attached hydrogen (secondary N) is 1. The summed E-state index contributed by atoms with van der Waals surface area (Å²) in [5, 5.41) is 3.61. The molecule has 1 fully saturated rings. The van der Waals surface area contributed by atoms with Crippen molar-refractivity contribution in [3.8, 4) is 16.9 Å². The molecule has 2 aromatic rings. The molecule has 1 saturated carbocycles. The van der Waals surface area contributed by atoms with Crippen molar-refractivity contribution >= 4 is 23.2 Å². The number of anilines is 1. The molecule has 1 aliphatic rings. The van der Waals surface area contributed by atoms with Gasteiger partial charge in [0.1, 0.15) is 5.75 Å². The number of rotatable bonds is 5. The summed E-state index contributed by atoms with van der Waals surface area (Å²) in [7, 11) is 1.63. The monoisotopic (exact) mass is 315 g/mol. The van der Waals surface area contributed by atoms with Gasteiger partial charge >= 0.3 is 0 Å². The number of benzene rings is 2. The number of ether oxygens (including phenoxy) is 1. The molecule has 0 aromatic heterocycles. The first-order valence-electron chi connectivity index (χ1n) is 7.39. The van der Waals surface area contributed by atoms with E-state index in [0.717, 1.165) is 22.6 Å². The first kappa shape index (κ1) is 14.9. The number of carbonyl (C=O) groups is 1. The zero-order valence-corrected chi connectivity index (χ0v) is 13.2. The molecule has 2 aromatic carbocycles. The van der Waals surface area contributed by atoms with Crippen molar-refractivity contribution in [2.45, 2.75) is 19.3 Å².